The van der Waals surface area contributed by atoms with Gasteiger partial charge in [-0.2, -0.15) is 10.2 Å². The van der Waals surface area contributed by atoms with E-state index in [1.807, 2.05) is 13.0 Å². The summed E-state index contributed by atoms with van der Waals surface area (Å²) in [6.07, 6.45) is 3.57. The first-order chi connectivity index (χ1) is 16.1. The highest BCUT2D eigenvalue weighted by Crippen LogP contribution is 2.27. The minimum Gasteiger partial charge on any atom is -0.394 e. The molecule has 3 N–H and O–H groups in total. The number of anilines is 1. The van der Waals surface area contributed by atoms with Gasteiger partial charge in [-0.05, 0) is 42.5 Å². The van der Waals surface area contributed by atoms with Crippen LogP contribution in [0.4, 0.5) is 5.82 Å². The summed E-state index contributed by atoms with van der Waals surface area (Å²) in [7, 11) is 0. The van der Waals surface area contributed by atoms with Crippen molar-refractivity contribution in [1.29, 1.82) is 5.26 Å². The number of nitrogens with one attached hydrogen (secondary N) is 1. The van der Waals surface area contributed by atoms with Gasteiger partial charge in [-0.25, -0.2) is 4.98 Å². The molecule has 3 heterocycles. The average molecular weight is 449 g/mol. The number of rotatable bonds is 8. The van der Waals surface area contributed by atoms with Crippen molar-refractivity contribution in [3.63, 3.8) is 0 Å². The molecule has 0 saturated carbocycles. The van der Waals surface area contributed by atoms with Gasteiger partial charge in [0.15, 0.2) is 0 Å². The third-order valence-corrected chi connectivity index (χ3v) is 5.76. The summed E-state index contributed by atoms with van der Waals surface area (Å²) in [5.41, 5.74) is 4.38. The molecular formula is C24H28N6O3. The highest BCUT2D eigenvalue weighted by Gasteiger charge is 2.19. The van der Waals surface area contributed by atoms with E-state index in [2.05, 4.69) is 43.5 Å². The molecular weight excluding hydrogens is 420 g/mol. The number of aliphatic hydroxyl groups is 2. The number of nitrogens with zero attached hydrogens (tertiary/aromatic N) is 5. The molecule has 0 radical (unpaired) electrons. The molecule has 9 heteroatoms. The maximum absolute atomic E-state index is 9.75. The van der Waals surface area contributed by atoms with E-state index in [1.165, 1.54) is 11.1 Å². The Hall–Kier alpha value is -3.32. The molecule has 2 aromatic heterocycles. The Morgan fingerprint density at radius 3 is 2.79 bits per heavy atom. The molecule has 0 unspecified atom stereocenters. The molecule has 0 saturated heterocycles. The second-order valence-electron chi connectivity index (χ2n) is 8.20. The van der Waals surface area contributed by atoms with Crippen LogP contribution in [0, 0.1) is 11.3 Å². The molecule has 0 aliphatic carbocycles. The minimum absolute atomic E-state index is 0.225. The number of nitriles is 1. The Labute approximate surface area is 192 Å². The van der Waals surface area contributed by atoms with Crippen LogP contribution in [0.5, 0.6) is 0 Å². The van der Waals surface area contributed by atoms with Gasteiger partial charge in [-0.15, -0.1) is 0 Å². The number of hydrogen-bond acceptors (Lipinski definition) is 9. The molecule has 0 amide bonds. The van der Waals surface area contributed by atoms with Crippen LogP contribution in [0.2, 0.25) is 0 Å². The SMILES string of the molecule is CCCNc1ncc(-c2nc(-c3ccc4c(c3)CCN(C[C@H](O)CO)CC4)no2)cc1C#N. The molecule has 172 valence electrons. The summed E-state index contributed by atoms with van der Waals surface area (Å²) in [4.78, 5) is 11.1. The van der Waals surface area contributed by atoms with Crippen LogP contribution in [0.25, 0.3) is 22.8 Å². The fraction of sp³-hybridized carbons (Fsp3) is 0.417. The number of β-amino-alcohol motifs (C(OH)–C–C–N with tert-alkyl or cyclic N) is 1. The Kier molecular flexibility index (Phi) is 7.29. The lowest BCUT2D eigenvalue weighted by molar-refractivity contribution is 0.0605. The summed E-state index contributed by atoms with van der Waals surface area (Å²) in [5, 5.41) is 35.6. The van der Waals surface area contributed by atoms with E-state index in [1.54, 1.807) is 12.3 Å². The highest BCUT2D eigenvalue weighted by atomic mass is 16.5. The standard InChI is InChI=1S/C24H28N6O3/c1-2-7-26-22-19(12-25)11-20(13-27-22)24-28-23(29-33-24)18-4-3-16-5-8-30(14-21(32)15-31)9-6-17(16)10-18/h3-4,10-11,13,21,31-32H,2,5-9,14-15H2,1H3,(H,26,27)/t21-/m0/s1. The van der Waals surface area contributed by atoms with Gasteiger partial charge in [-0.1, -0.05) is 24.2 Å². The Balaban J connectivity index is 1.52. The van der Waals surface area contributed by atoms with Crippen LogP contribution >= 0.6 is 0 Å². The zero-order valence-electron chi connectivity index (χ0n) is 18.7. The van der Waals surface area contributed by atoms with Crippen molar-refractivity contribution in [2.45, 2.75) is 32.3 Å². The van der Waals surface area contributed by atoms with Crippen molar-refractivity contribution in [2.24, 2.45) is 0 Å². The van der Waals surface area contributed by atoms with Gasteiger partial charge < -0.3 is 25.0 Å². The molecule has 0 bridgehead atoms. The number of pyridine rings is 1. The van der Waals surface area contributed by atoms with E-state index < -0.39 is 6.10 Å². The summed E-state index contributed by atoms with van der Waals surface area (Å²) >= 11 is 0. The first-order valence-corrected chi connectivity index (χ1v) is 11.2. The van der Waals surface area contributed by atoms with Crippen molar-refractivity contribution in [1.82, 2.24) is 20.0 Å². The van der Waals surface area contributed by atoms with E-state index in [4.69, 9.17) is 9.63 Å². The summed E-state index contributed by atoms with van der Waals surface area (Å²) in [6.45, 7) is 4.69. The van der Waals surface area contributed by atoms with Gasteiger partial charge in [0.05, 0.1) is 23.8 Å². The molecule has 0 spiro atoms. The lowest BCUT2D eigenvalue weighted by Gasteiger charge is -2.21. The van der Waals surface area contributed by atoms with Gasteiger partial charge in [-0.3, -0.25) is 0 Å². The molecule has 4 rings (SSSR count). The van der Waals surface area contributed by atoms with E-state index in [0.29, 0.717) is 35.2 Å². The topological polar surface area (TPSA) is 131 Å². The monoisotopic (exact) mass is 448 g/mol. The van der Waals surface area contributed by atoms with E-state index in [0.717, 1.165) is 44.5 Å². The summed E-state index contributed by atoms with van der Waals surface area (Å²) < 4.78 is 5.48. The number of aliphatic hydroxyl groups excluding tert-OH is 2. The first kappa shape index (κ1) is 22.9. The Morgan fingerprint density at radius 2 is 2.03 bits per heavy atom. The normalized spacial score (nSPS) is 14.8. The molecule has 9 nitrogen and oxygen atoms in total. The first-order valence-electron chi connectivity index (χ1n) is 11.2. The van der Waals surface area contributed by atoms with Crippen LogP contribution in [0.1, 0.15) is 30.0 Å². The summed E-state index contributed by atoms with van der Waals surface area (Å²) in [5.74, 6) is 1.35. The zero-order valence-corrected chi connectivity index (χ0v) is 18.7. The van der Waals surface area contributed by atoms with Crippen LogP contribution in [-0.4, -0.2) is 69.1 Å². The third kappa shape index (κ3) is 5.37. The Bertz CT molecular complexity index is 1140. The number of benzene rings is 1. The maximum Gasteiger partial charge on any atom is 0.259 e. The predicted octanol–water partition coefficient (Wildman–Crippen LogP) is 2.25. The van der Waals surface area contributed by atoms with Gasteiger partial charge in [0, 0.05) is 37.9 Å². The van der Waals surface area contributed by atoms with Crippen molar-refractivity contribution in [2.75, 3.05) is 38.1 Å². The van der Waals surface area contributed by atoms with Gasteiger partial charge in [0.2, 0.25) is 5.82 Å². The van der Waals surface area contributed by atoms with Crippen LogP contribution in [0.15, 0.2) is 35.0 Å². The van der Waals surface area contributed by atoms with Crippen molar-refractivity contribution in [3.05, 3.63) is 47.2 Å². The fourth-order valence-electron chi connectivity index (χ4n) is 3.96. The molecule has 0 fully saturated rings. The van der Waals surface area contributed by atoms with Crippen LogP contribution in [-0.2, 0) is 12.8 Å². The lowest BCUT2D eigenvalue weighted by Crippen LogP contribution is -2.35. The van der Waals surface area contributed by atoms with Gasteiger partial charge >= 0.3 is 0 Å². The molecule has 1 atom stereocenters. The van der Waals surface area contributed by atoms with Crippen molar-refractivity contribution in [3.8, 4) is 28.9 Å². The average Bonchev–Trinajstić information content (AvgIpc) is 3.26. The largest absolute Gasteiger partial charge is 0.394 e. The molecule has 1 aliphatic rings. The molecule has 1 aliphatic heterocycles. The third-order valence-electron chi connectivity index (χ3n) is 5.76. The minimum atomic E-state index is -0.716. The fourth-order valence-corrected chi connectivity index (χ4v) is 3.96. The number of hydrogen-bond donors (Lipinski definition) is 3. The molecule has 3 aromatic rings. The van der Waals surface area contributed by atoms with Gasteiger partial charge in [0.1, 0.15) is 11.9 Å². The van der Waals surface area contributed by atoms with Gasteiger partial charge in [0.25, 0.3) is 5.89 Å². The van der Waals surface area contributed by atoms with E-state index >= 15 is 0 Å². The molecule has 33 heavy (non-hydrogen) atoms. The van der Waals surface area contributed by atoms with Crippen molar-refractivity contribution < 1.29 is 14.7 Å². The molecule has 1 aromatic carbocycles. The smallest absolute Gasteiger partial charge is 0.259 e. The Morgan fingerprint density at radius 1 is 1.21 bits per heavy atom. The number of aromatic nitrogens is 3. The van der Waals surface area contributed by atoms with Crippen LogP contribution in [0.3, 0.4) is 0 Å². The highest BCUT2D eigenvalue weighted by molar-refractivity contribution is 5.64. The van der Waals surface area contributed by atoms with Crippen molar-refractivity contribution >= 4 is 5.82 Å². The summed E-state index contributed by atoms with van der Waals surface area (Å²) in [6, 6.07) is 10.0. The van der Waals surface area contributed by atoms with E-state index in [-0.39, 0.29) is 6.61 Å². The lowest BCUT2D eigenvalue weighted by atomic mass is 10.00. The zero-order chi connectivity index (χ0) is 23.2. The number of fused-ring (bicyclic) bond motifs is 1. The quantitative estimate of drug-likeness (QED) is 0.475. The van der Waals surface area contributed by atoms with Crippen LogP contribution < -0.4 is 5.32 Å². The predicted molar refractivity (Wildman–Crippen MR) is 123 cm³/mol. The van der Waals surface area contributed by atoms with E-state index in [9.17, 15) is 10.4 Å². The second-order valence-corrected chi connectivity index (χ2v) is 8.20. The maximum atomic E-state index is 9.75. The second kappa shape index (κ2) is 10.5.